The second-order valence-corrected chi connectivity index (χ2v) is 7.97. The number of hydrogen-bond acceptors (Lipinski definition) is 7. The maximum Gasteiger partial charge on any atom is 0.307 e. The Morgan fingerprint density at radius 2 is 1.50 bits per heavy atom. The number of allylic oxidation sites excluding steroid dienone is 1. The van der Waals surface area contributed by atoms with Gasteiger partial charge in [0.05, 0.1) is 24.9 Å². The molecule has 1 amide bonds. The van der Waals surface area contributed by atoms with Crippen molar-refractivity contribution in [3.63, 3.8) is 0 Å². The Morgan fingerprint density at radius 1 is 0.912 bits per heavy atom. The zero-order valence-electron chi connectivity index (χ0n) is 19.7. The first-order valence-electron chi connectivity index (χ1n) is 11.0. The number of nitrogens with zero attached hydrogens (tertiary/aromatic N) is 4. The summed E-state index contributed by atoms with van der Waals surface area (Å²) >= 11 is 0. The van der Waals surface area contributed by atoms with Gasteiger partial charge in [-0.3, -0.25) is 14.4 Å². The number of carbonyl (C=O) groups excluding carboxylic acids is 3. The number of nitriles is 1. The van der Waals surface area contributed by atoms with Gasteiger partial charge in [-0.2, -0.15) is 5.26 Å². The highest BCUT2D eigenvalue weighted by Gasteiger charge is 2.31. The van der Waals surface area contributed by atoms with Gasteiger partial charge in [0.15, 0.2) is 5.78 Å². The summed E-state index contributed by atoms with van der Waals surface area (Å²) in [6, 6.07) is 19.1. The fourth-order valence-corrected chi connectivity index (χ4v) is 3.98. The first-order valence-corrected chi connectivity index (χ1v) is 11.0. The van der Waals surface area contributed by atoms with Crippen molar-refractivity contribution in [3.8, 4) is 6.07 Å². The number of anilines is 2. The van der Waals surface area contributed by atoms with Crippen molar-refractivity contribution >= 4 is 29.0 Å². The van der Waals surface area contributed by atoms with E-state index in [0.717, 1.165) is 16.9 Å². The van der Waals surface area contributed by atoms with Crippen molar-refractivity contribution in [1.29, 1.82) is 5.26 Å². The van der Waals surface area contributed by atoms with E-state index in [1.165, 1.54) is 7.11 Å². The normalized spacial score (nSPS) is 12.1. The van der Waals surface area contributed by atoms with E-state index in [4.69, 9.17) is 4.74 Å². The van der Waals surface area contributed by atoms with E-state index in [9.17, 15) is 19.6 Å². The summed E-state index contributed by atoms with van der Waals surface area (Å²) in [5, 5.41) is 9.78. The number of hydrogen-bond donors (Lipinski definition) is 0. The van der Waals surface area contributed by atoms with Crippen molar-refractivity contribution in [2.24, 2.45) is 0 Å². The third-order valence-electron chi connectivity index (χ3n) is 5.80. The quantitative estimate of drug-likeness (QED) is 0.322. The average molecular weight is 461 g/mol. The SMILES string of the molecule is COC(=O)CCN(Cc1ccccc1)C(=O)CCC(=O)C(C#N)=C1N(C)c2ccccc2N1C. The van der Waals surface area contributed by atoms with Gasteiger partial charge < -0.3 is 19.4 Å². The van der Waals surface area contributed by atoms with Crippen LogP contribution in [0.5, 0.6) is 0 Å². The molecule has 0 N–H and O–H groups in total. The standard InChI is InChI=1S/C26H28N4O4/c1-28-21-11-7-8-12-22(21)29(2)26(28)20(17-27)23(31)13-14-24(32)30(16-15-25(33)34-3)18-19-9-5-4-6-10-19/h4-12H,13-16,18H2,1-3H3. The Hall–Kier alpha value is -4.12. The van der Waals surface area contributed by atoms with Crippen LogP contribution in [-0.2, 0) is 25.7 Å². The molecule has 0 atom stereocenters. The van der Waals surface area contributed by atoms with Gasteiger partial charge in [-0.1, -0.05) is 42.5 Å². The summed E-state index contributed by atoms with van der Waals surface area (Å²) in [7, 11) is 4.92. The number of esters is 1. The molecule has 34 heavy (non-hydrogen) atoms. The van der Waals surface area contributed by atoms with Crippen molar-refractivity contribution in [2.45, 2.75) is 25.8 Å². The lowest BCUT2D eigenvalue weighted by Gasteiger charge is -2.23. The Bertz CT molecular complexity index is 1110. The lowest BCUT2D eigenvalue weighted by Crippen LogP contribution is -2.33. The highest BCUT2D eigenvalue weighted by Crippen LogP contribution is 2.40. The predicted octanol–water partition coefficient (Wildman–Crippen LogP) is 3.25. The molecule has 8 heteroatoms. The minimum Gasteiger partial charge on any atom is -0.469 e. The molecule has 0 fully saturated rings. The maximum absolute atomic E-state index is 13.0. The number of Topliss-reactive ketones (excluding diaryl/α,β-unsaturated/α-hetero) is 1. The molecule has 1 aliphatic rings. The Labute approximate surface area is 199 Å². The monoisotopic (exact) mass is 460 g/mol. The van der Waals surface area contributed by atoms with Crippen LogP contribution in [0.3, 0.4) is 0 Å². The summed E-state index contributed by atoms with van der Waals surface area (Å²) in [6.07, 6.45) is -0.108. The topological polar surface area (TPSA) is 93.9 Å². The van der Waals surface area contributed by atoms with Gasteiger partial charge in [0, 0.05) is 40.0 Å². The average Bonchev–Trinajstić information content (AvgIpc) is 3.11. The molecule has 0 saturated heterocycles. The largest absolute Gasteiger partial charge is 0.469 e. The molecule has 0 radical (unpaired) electrons. The van der Waals surface area contributed by atoms with Crippen LogP contribution in [0.25, 0.3) is 0 Å². The van der Waals surface area contributed by atoms with Gasteiger partial charge >= 0.3 is 5.97 Å². The summed E-state index contributed by atoms with van der Waals surface area (Å²) in [5.41, 5.74) is 2.72. The molecule has 1 aliphatic heterocycles. The molecule has 1 heterocycles. The highest BCUT2D eigenvalue weighted by atomic mass is 16.5. The molecule has 0 aromatic heterocycles. The Kier molecular flexibility index (Phi) is 8.04. The third-order valence-corrected chi connectivity index (χ3v) is 5.80. The van der Waals surface area contributed by atoms with Gasteiger partial charge in [0.2, 0.25) is 5.91 Å². The molecule has 0 unspecified atom stereocenters. The molecule has 3 rings (SSSR count). The number of rotatable bonds is 9. The highest BCUT2D eigenvalue weighted by molar-refractivity contribution is 6.03. The van der Waals surface area contributed by atoms with Crippen molar-refractivity contribution in [1.82, 2.24) is 4.90 Å². The summed E-state index contributed by atoms with van der Waals surface area (Å²) in [5.74, 6) is -0.580. The summed E-state index contributed by atoms with van der Waals surface area (Å²) in [6.45, 7) is 0.499. The minimum absolute atomic E-state index is 0.0122. The van der Waals surface area contributed by atoms with Crippen LogP contribution >= 0.6 is 0 Å². The summed E-state index contributed by atoms with van der Waals surface area (Å²) < 4.78 is 4.70. The molecule has 8 nitrogen and oxygen atoms in total. The van der Waals surface area contributed by atoms with E-state index < -0.39 is 11.8 Å². The number of amides is 1. The molecule has 0 bridgehead atoms. The number of fused-ring (bicyclic) bond motifs is 1. The fourth-order valence-electron chi connectivity index (χ4n) is 3.98. The lowest BCUT2D eigenvalue weighted by molar-refractivity contribution is -0.142. The zero-order chi connectivity index (χ0) is 24.7. The first-order chi connectivity index (χ1) is 16.4. The van der Waals surface area contributed by atoms with Gasteiger partial charge in [0.25, 0.3) is 0 Å². The van der Waals surface area contributed by atoms with Crippen molar-refractivity contribution in [2.75, 3.05) is 37.5 Å². The van der Waals surface area contributed by atoms with Crippen LogP contribution in [0, 0.1) is 11.3 Å². The maximum atomic E-state index is 13.0. The molecule has 0 saturated carbocycles. The van der Waals surface area contributed by atoms with E-state index in [1.54, 1.807) is 4.90 Å². The van der Waals surface area contributed by atoms with Gasteiger partial charge in [0.1, 0.15) is 17.5 Å². The number of ketones is 1. The summed E-state index contributed by atoms with van der Waals surface area (Å²) in [4.78, 5) is 42.8. The molecule has 176 valence electrons. The van der Waals surface area contributed by atoms with E-state index in [2.05, 4.69) is 0 Å². The van der Waals surface area contributed by atoms with Gasteiger partial charge in [-0.25, -0.2) is 0 Å². The van der Waals surface area contributed by atoms with Crippen LogP contribution in [0.15, 0.2) is 66.0 Å². The van der Waals surface area contributed by atoms with Gasteiger partial charge in [-0.05, 0) is 17.7 Å². The van der Waals surface area contributed by atoms with Crippen LogP contribution in [0.4, 0.5) is 11.4 Å². The van der Waals surface area contributed by atoms with Crippen LogP contribution in [-0.4, -0.2) is 50.3 Å². The lowest BCUT2D eigenvalue weighted by atomic mass is 10.1. The molecule has 2 aromatic carbocycles. The predicted molar refractivity (Wildman–Crippen MR) is 129 cm³/mol. The molecular formula is C26H28N4O4. The van der Waals surface area contributed by atoms with Gasteiger partial charge in [-0.15, -0.1) is 0 Å². The van der Waals surface area contributed by atoms with Crippen molar-refractivity contribution < 1.29 is 19.1 Å². The number of methoxy groups -OCH3 is 1. The molecular weight excluding hydrogens is 432 g/mol. The van der Waals surface area contributed by atoms with Crippen LogP contribution in [0.2, 0.25) is 0 Å². The number of para-hydroxylation sites is 2. The second-order valence-electron chi connectivity index (χ2n) is 7.97. The zero-order valence-corrected chi connectivity index (χ0v) is 19.7. The smallest absolute Gasteiger partial charge is 0.307 e. The van der Waals surface area contributed by atoms with Crippen molar-refractivity contribution in [3.05, 3.63) is 71.6 Å². The Morgan fingerprint density at radius 3 is 2.06 bits per heavy atom. The van der Waals surface area contributed by atoms with E-state index >= 15 is 0 Å². The van der Waals surface area contributed by atoms with Crippen LogP contribution in [0.1, 0.15) is 24.8 Å². The molecule has 2 aromatic rings. The fraction of sp³-hybridized carbons (Fsp3) is 0.308. The number of carbonyl (C=O) groups is 3. The Balaban J connectivity index is 1.73. The second kappa shape index (κ2) is 11.1. The van der Waals surface area contributed by atoms with E-state index in [1.807, 2.05) is 84.6 Å². The number of ether oxygens (including phenoxy) is 1. The first kappa shape index (κ1) is 24.5. The molecule has 0 spiro atoms. The number of benzene rings is 2. The molecule has 0 aliphatic carbocycles. The third kappa shape index (κ3) is 5.44. The van der Waals surface area contributed by atoms with E-state index in [0.29, 0.717) is 12.4 Å². The minimum atomic E-state index is -0.412. The van der Waals surface area contributed by atoms with Crippen LogP contribution < -0.4 is 9.80 Å². The van der Waals surface area contributed by atoms with E-state index in [-0.39, 0.29) is 37.3 Å².